The molecule has 8 nitrogen and oxygen atoms in total. The molecule has 0 aliphatic carbocycles. The van der Waals surface area contributed by atoms with Gasteiger partial charge in [0.2, 0.25) is 17.6 Å². The van der Waals surface area contributed by atoms with Crippen LogP contribution in [0.4, 0.5) is 5.69 Å². The molecule has 1 atom stereocenters. The molecular formula is C25H30N4O4. The first kappa shape index (κ1) is 22.8. The Bertz CT molecular complexity index is 1130. The fourth-order valence-corrected chi connectivity index (χ4v) is 4.20. The monoisotopic (exact) mass is 450 g/mol. The number of aryl methyl sites for hydroxylation is 2. The van der Waals surface area contributed by atoms with Gasteiger partial charge in [-0.25, -0.2) is 0 Å². The van der Waals surface area contributed by atoms with Gasteiger partial charge < -0.3 is 19.3 Å². The zero-order chi connectivity index (χ0) is 23.4. The average Bonchev–Trinajstić information content (AvgIpc) is 3.29. The SMILES string of the molecule is COc1ccc(-c2noc(CN3CCC[C@H](C(=O)Nc4ccc(C)cc4C)C3)n2)cc1OC. The predicted octanol–water partition coefficient (Wildman–Crippen LogP) is 4.22. The molecule has 0 saturated carbocycles. The fourth-order valence-electron chi connectivity index (χ4n) is 4.20. The molecule has 0 radical (unpaired) electrons. The maximum absolute atomic E-state index is 12.9. The van der Waals surface area contributed by atoms with Gasteiger partial charge >= 0.3 is 0 Å². The van der Waals surface area contributed by atoms with Crippen LogP contribution in [0.5, 0.6) is 11.5 Å². The Morgan fingerprint density at radius 3 is 2.73 bits per heavy atom. The Morgan fingerprint density at radius 2 is 1.97 bits per heavy atom. The Kier molecular flexibility index (Phi) is 6.93. The van der Waals surface area contributed by atoms with Crippen molar-refractivity contribution in [2.45, 2.75) is 33.2 Å². The zero-order valence-electron chi connectivity index (χ0n) is 19.6. The highest BCUT2D eigenvalue weighted by molar-refractivity contribution is 5.93. The van der Waals surface area contributed by atoms with Crippen LogP contribution in [0.15, 0.2) is 40.9 Å². The highest BCUT2D eigenvalue weighted by atomic mass is 16.5. The number of carbonyl (C=O) groups is 1. The van der Waals surface area contributed by atoms with E-state index in [1.165, 1.54) is 5.56 Å². The minimum absolute atomic E-state index is 0.0585. The van der Waals surface area contributed by atoms with Crippen molar-refractivity contribution in [3.8, 4) is 22.9 Å². The van der Waals surface area contributed by atoms with Gasteiger partial charge in [-0.05, 0) is 63.1 Å². The molecule has 2 heterocycles. The van der Waals surface area contributed by atoms with E-state index in [2.05, 4.69) is 26.4 Å². The number of ether oxygens (including phenoxy) is 2. The summed E-state index contributed by atoms with van der Waals surface area (Å²) in [6, 6.07) is 11.6. The van der Waals surface area contributed by atoms with E-state index in [0.717, 1.165) is 36.2 Å². The number of amides is 1. The van der Waals surface area contributed by atoms with Gasteiger partial charge in [-0.1, -0.05) is 22.9 Å². The smallest absolute Gasteiger partial charge is 0.241 e. The van der Waals surface area contributed by atoms with Crippen LogP contribution >= 0.6 is 0 Å². The molecule has 33 heavy (non-hydrogen) atoms. The fraction of sp³-hybridized carbons (Fsp3) is 0.400. The number of carbonyl (C=O) groups excluding carboxylic acids is 1. The molecule has 1 fully saturated rings. The maximum Gasteiger partial charge on any atom is 0.241 e. The summed E-state index contributed by atoms with van der Waals surface area (Å²) in [5.74, 6) is 2.25. The highest BCUT2D eigenvalue weighted by Crippen LogP contribution is 2.31. The largest absolute Gasteiger partial charge is 0.493 e. The topological polar surface area (TPSA) is 89.7 Å². The van der Waals surface area contributed by atoms with Gasteiger partial charge in [0.05, 0.1) is 26.7 Å². The number of benzene rings is 2. The molecule has 0 spiro atoms. The summed E-state index contributed by atoms with van der Waals surface area (Å²) in [7, 11) is 3.18. The molecule has 1 saturated heterocycles. The Hall–Kier alpha value is -3.39. The van der Waals surface area contributed by atoms with Crippen LogP contribution in [0.3, 0.4) is 0 Å². The molecule has 0 unspecified atom stereocenters. The van der Waals surface area contributed by atoms with Gasteiger partial charge in [0.1, 0.15) is 0 Å². The minimum atomic E-state index is -0.0762. The average molecular weight is 451 g/mol. The lowest BCUT2D eigenvalue weighted by atomic mass is 9.96. The molecule has 8 heteroatoms. The van der Waals surface area contributed by atoms with E-state index in [0.29, 0.717) is 36.3 Å². The quantitative estimate of drug-likeness (QED) is 0.576. The normalized spacial score (nSPS) is 16.4. The van der Waals surface area contributed by atoms with E-state index in [9.17, 15) is 4.79 Å². The van der Waals surface area contributed by atoms with E-state index in [-0.39, 0.29) is 11.8 Å². The van der Waals surface area contributed by atoms with Crippen molar-refractivity contribution in [2.75, 3.05) is 32.6 Å². The maximum atomic E-state index is 12.9. The van der Waals surface area contributed by atoms with Crippen LogP contribution in [0.1, 0.15) is 29.9 Å². The second kappa shape index (κ2) is 10.0. The summed E-state index contributed by atoms with van der Waals surface area (Å²) >= 11 is 0. The first-order valence-electron chi connectivity index (χ1n) is 11.1. The Balaban J connectivity index is 1.39. The first-order chi connectivity index (χ1) is 16.0. The van der Waals surface area contributed by atoms with E-state index in [1.54, 1.807) is 14.2 Å². The lowest BCUT2D eigenvalue weighted by molar-refractivity contribution is -0.121. The van der Waals surface area contributed by atoms with Crippen LogP contribution in [0, 0.1) is 19.8 Å². The minimum Gasteiger partial charge on any atom is -0.493 e. The van der Waals surface area contributed by atoms with Crippen LogP contribution in [0.25, 0.3) is 11.4 Å². The predicted molar refractivity (Wildman–Crippen MR) is 125 cm³/mol. The lowest BCUT2D eigenvalue weighted by Crippen LogP contribution is -2.40. The van der Waals surface area contributed by atoms with Gasteiger partial charge in [0.15, 0.2) is 11.5 Å². The van der Waals surface area contributed by atoms with E-state index < -0.39 is 0 Å². The second-order valence-electron chi connectivity index (χ2n) is 8.46. The van der Waals surface area contributed by atoms with Gasteiger partial charge in [0, 0.05) is 17.8 Å². The van der Waals surface area contributed by atoms with Crippen molar-refractivity contribution in [3.05, 3.63) is 53.4 Å². The van der Waals surface area contributed by atoms with Crippen molar-refractivity contribution in [3.63, 3.8) is 0 Å². The molecule has 1 aromatic heterocycles. The third-order valence-corrected chi connectivity index (χ3v) is 5.98. The Labute approximate surface area is 193 Å². The second-order valence-corrected chi connectivity index (χ2v) is 8.46. The van der Waals surface area contributed by atoms with Crippen LogP contribution in [0.2, 0.25) is 0 Å². The molecule has 3 aromatic rings. The molecular weight excluding hydrogens is 420 g/mol. The molecule has 1 amide bonds. The third-order valence-electron chi connectivity index (χ3n) is 5.98. The van der Waals surface area contributed by atoms with Gasteiger partial charge in [-0.3, -0.25) is 9.69 Å². The standard InChI is InChI=1S/C25H30N4O4/c1-16-7-9-20(17(2)12-16)26-25(30)19-6-5-11-29(14-19)15-23-27-24(28-33-23)18-8-10-21(31-3)22(13-18)32-4/h7-10,12-13,19H,5-6,11,14-15H2,1-4H3,(H,26,30)/t19-/m0/s1. The van der Waals surface area contributed by atoms with Gasteiger partial charge in [0.25, 0.3) is 0 Å². The molecule has 174 valence electrons. The summed E-state index contributed by atoms with van der Waals surface area (Å²) in [6.07, 6.45) is 1.82. The van der Waals surface area contributed by atoms with Crippen molar-refractivity contribution in [1.82, 2.24) is 15.0 Å². The highest BCUT2D eigenvalue weighted by Gasteiger charge is 2.27. The van der Waals surface area contributed by atoms with Crippen molar-refractivity contribution in [2.24, 2.45) is 5.92 Å². The number of nitrogens with one attached hydrogen (secondary N) is 1. The summed E-state index contributed by atoms with van der Waals surface area (Å²) in [4.78, 5) is 19.6. The summed E-state index contributed by atoms with van der Waals surface area (Å²) in [6.45, 7) is 6.12. The van der Waals surface area contributed by atoms with Crippen LogP contribution < -0.4 is 14.8 Å². The van der Waals surface area contributed by atoms with Gasteiger partial charge in [-0.2, -0.15) is 4.98 Å². The van der Waals surface area contributed by atoms with E-state index >= 15 is 0 Å². The van der Waals surface area contributed by atoms with Crippen molar-refractivity contribution in [1.29, 1.82) is 0 Å². The number of hydrogen-bond acceptors (Lipinski definition) is 7. The van der Waals surface area contributed by atoms with Gasteiger partial charge in [-0.15, -0.1) is 0 Å². The first-order valence-corrected chi connectivity index (χ1v) is 11.1. The zero-order valence-corrected chi connectivity index (χ0v) is 19.6. The Morgan fingerprint density at radius 1 is 1.15 bits per heavy atom. The molecule has 4 rings (SSSR count). The molecule has 2 aromatic carbocycles. The molecule has 1 N–H and O–H groups in total. The number of anilines is 1. The molecule has 0 bridgehead atoms. The summed E-state index contributed by atoms with van der Waals surface area (Å²) in [5.41, 5.74) is 3.91. The number of methoxy groups -OCH3 is 2. The lowest BCUT2D eigenvalue weighted by Gasteiger charge is -2.31. The summed E-state index contributed by atoms with van der Waals surface area (Å²) < 4.78 is 16.1. The molecule has 1 aliphatic rings. The number of hydrogen-bond donors (Lipinski definition) is 1. The number of likely N-dealkylation sites (tertiary alicyclic amines) is 1. The summed E-state index contributed by atoms with van der Waals surface area (Å²) in [5, 5.41) is 7.22. The van der Waals surface area contributed by atoms with E-state index in [4.69, 9.17) is 14.0 Å². The van der Waals surface area contributed by atoms with Crippen LogP contribution in [-0.2, 0) is 11.3 Å². The number of aromatic nitrogens is 2. The third kappa shape index (κ3) is 5.34. The number of rotatable bonds is 7. The van der Waals surface area contributed by atoms with E-state index in [1.807, 2.05) is 44.2 Å². The molecule has 1 aliphatic heterocycles. The van der Waals surface area contributed by atoms with Crippen molar-refractivity contribution >= 4 is 11.6 Å². The van der Waals surface area contributed by atoms with Crippen molar-refractivity contribution < 1.29 is 18.8 Å². The number of piperidine rings is 1. The van der Waals surface area contributed by atoms with Crippen LogP contribution in [-0.4, -0.2) is 48.3 Å². The number of nitrogens with zero attached hydrogens (tertiary/aromatic N) is 3.